The molecule has 0 spiro atoms. The average molecular weight is 228 g/mol. The Hall–Kier alpha value is -2.29. The van der Waals surface area contributed by atoms with E-state index in [4.69, 9.17) is 9.84 Å². The van der Waals surface area contributed by atoms with Crippen LogP contribution in [-0.4, -0.2) is 11.1 Å². The predicted molar refractivity (Wildman–Crippen MR) is 64.2 cm³/mol. The first-order valence-electron chi connectivity index (χ1n) is 5.26. The molecular formula is C14H12O3. The van der Waals surface area contributed by atoms with E-state index in [-0.39, 0.29) is 5.56 Å². The van der Waals surface area contributed by atoms with E-state index >= 15 is 0 Å². The van der Waals surface area contributed by atoms with Crippen LogP contribution in [0.5, 0.6) is 5.75 Å². The van der Waals surface area contributed by atoms with Gasteiger partial charge in [0, 0.05) is 0 Å². The Balaban J connectivity index is 1.98. The van der Waals surface area contributed by atoms with Gasteiger partial charge in [-0.25, -0.2) is 4.79 Å². The van der Waals surface area contributed by atoms with Crippen molar-refractivity contribution in [3.63, 3.8) is 0 Å². The summed E-state index contributed by atoms with van der Waals surface area (Å²) in [6, 6.07) is 16.2. The number of hydrogen-bond donors (Lipinski definition) is 1. The standard InChI is InChI=1S/C14H12O3/c15-14(16)12-8-6-11(7-9-12)10-17-13-4-2-1-3-5-13/h1-9H,10H2,(H,15,16). The van der Waals surface area contributed by atoms with E-state index in [0.717, 1.165) is 11.3 Å². The fourth-order valence-corrected chi connectivity index (χ4v) is 1.43. The molecule has 86 valence electrons. The minimum Gasteiger partial charge on any atom is -0.489 e. The zero-order valence-electron chi connectivity index (χ0n) is 9.17. The van der Waals surface area contributed by atoms with Crippen molar-refractivity contribution in [1.82, 2.24) is 0 Å². The molecule has 3 heteroatoms. The van der Waals surface area contributed by atoms with Crippen LogP contribution in [-0.2, 0) is 6.61 Å². The molecule has 0 bridgehead atoms. The van der Waals surface area contributed by atoms with Crippen molar-refractivity contribution in [1.29, 1.82) is 0 Å². The lowest BCUT2D eigenvalue weighted by Crippen LogP contribution is -1.98. The molecule has 1 N–H and O–H groups in total. The highest BCUT2D eigenvalue weighted by Crippen LogP contribution is 2.12. The van der Waals surface area contributed by atoms with E-state index in [2.05, 4.69) is 0 Å². The fourth-order valence-electron chi connectivity index (χ4n) is 1.43. The van der Waals surface area contributed by atoms with Gasteiger partial charge in [0.15, 0.2) is 0 Å². The van der Waals surface area contributed by atoms with Crippen molar-refractivity contribution in [2.24, 2.45) is 0 Å². The second-order valence-corrected chi connectivity index (χ2v) is 3.60. The van der Waals surface area contributed by atoms with Gasteiger partial charge < -0.3 is 9.84 Å². The summed E-state index contributed by atoms with van der Waals surface area (Å²) >= 11 is 0. The van der Waals surface area contributed by atoms with Crippen LogP contribution < -0.4 is 4.74 Å². The number of benzene rings is 2. The van der Waals surface area contributed by atoms with Gasteiger partial charge in [-0.15, -0.1) is 0 Å². The van der Waals surface area contributed by atoms with Crippen LogP contribution in [0, 0.1) is 0 Å². The third-order valence-electron chi connectivity index (χ3n) is 2.35. The van der Waals surface area contributed by atoms with Crippen molar-refractivity contribution in [3.05, 3.63) is 65.7 Å². The Kier molecular flexibility index (Phi) is 3.40. The number of carboxylic acid groups (broad SMARTS) is 1. The van der Waals surface area contributed by atoms with Crippen molar-refractivity contribution >= 4 is 5.97 Å². The molecule has 0 aliphatic rings. The summed E-state index contributed by atoms with van der Waals surface area (Å²) in [4.78, 5) is 10.7. The Morgan fingerprint density at radius 3 is 2.24 bits per heavy atom. The lowest BCUT2D eigenvalue weighted by Gasteiger charge is -2.06. The van der Waals surface area contributed by atoms with E-state index in [1.54, 1.807) is 24.3 Å². The molecule has 2 rings (SSSR count). The van der Waals surface area contributed by atoms with Gasteiger partial charge in [0.2, 0.25) is 0 Å². The predicted octanol–water partition coefficient (Wildman–Crippen LogP) is 2.96. The van der Waals surface area contributed by atoms with Gasteiger partial charge in [0.1, 0.15) is 12.4 Å². The number of para-hydroxylation sites is 1. The summed E-state index contributed by atoms with van der Waals surface area (Å²) in [5, 5.41) is 8.75. The number of carbonyl (C=O) groups is 1. The van der Waals surface area contributed by atoms with Gasteiger partial charge in [-0.05, 0) is 29.8 Å². The van der Waals surface area contributed by atoms with E-state index in [1.807, 2.05) is 30.3 Å². The maximum atomic E-state index is 10.7. The molecule has 0 aromatic heterocycles. The van der Waals surface area contributed by atoms with E-state index in [0.29, 0.717) is 6.61 Å². The van der Waals surface area contributed by atoms with Crippen LogP contribution in [0.25, 0.3) is 0 Å². The Morgan fingerprint density at radius 2 is 1.65 bits per heavy atom. The Bertz CT molecular complexity index is 489. The molecule has 0 fully saturated rings. The highest BCUT2D eigenvalue weighted by molar-refractivity contribution is 5.87. The summed E-state index contributed by atoms with van der Waals surface area (Å²) in [6.07, 6.45) is 0. The van der Waals surface area contributed by atoms with Gasteiger partial charge in [-0.2, -0.15) is 0 Å². The van der Waals surface area contributed by atoms with Crippen LogP contribution in [0.1, 0.15) is 15.9 Å². The topological polar surface area (TPSA) is 46.5 Å². The average Bonchev–Trinajstić information content (AvgIpc) is 2.38. The molecule has 3 nitrogen and oxygen atoms in total. The van der Waals surface area contributed by atoms with Gasteiger partial charge in [-0.3, -0.25) is 0 Å². The van der Waals surface area contributed by atoms with Crippen LogP contribution in [0.2, 0.25) is 0 Å². The molecular weight excluding hydrogens is 216 g/mol. The highest BCUT2D eigenvalue weighted by Gasteiger charge is 2.01. The Labute approximate surface area is 99.3 Å². The molecule has 17 heavy (non-hydrogen) atoms. The summed E-state index contributed by atoms with van der Waals surface area (Å²) in [5.74, 6) is -0.115. The molecule has 0 atom stereocenters. The molecule has 0 unspecified atom stereocenters. The zero-order valence-corrected chi connectivity index (χ0v) is 9.17. The van der Waals surface area contributed by atoms with Gasteiger partial charge in [0.25, 0.3) is 0 Å². The zero-order chi connectivity index (χ0) is 12.1. The first kappa shape index (κ1) is 11.2. The normalized spacial score (nSPS) is 9.88. The quantitative estimate of drug-likeness (QED) is 0.875. The number of ether oxygens (including phenoxy) is 1. The van der Waals surface area contributed by atoms with E-state index < -0.39 is 5.97 Å². The monoisotopic (exact) mass is 228 g/mol. The summed E-state index contributed by atoms with van der Waals surface area (Å²) in [6.45, 7) is 0.434. The number of carboxylic acids is 1. The molecule has 2 aromatic rings. The molecule has 0 saturated carbocycles. The third-order valence-corrected chi connectivity index (χ3v) is 2.35. The summed E-state index contributed by atoms with van der Waals surface area (Å²) < 4.78 is 5.54. The maximum absolute atomic E-state index is 10.7. The Morgan fingerprint density at radius 1 is 1.00 bits per heavy atom. The first-order valence-corrected chi connectivity index (χ1v) is 5.26. The largest absolute Gasteiger partial charge is 0.489 e. The van der Waals surface area contributed by atoms with Crippen molar-refractivity contribution < 1.29 is 14.6 Å². The minimum absolute atomic E-state index is 0.286. The minimum atomic E-state index is -0.916. The maximum Gasteiger partial charge on any atom is 0.335 e. The van der Waals surface area contributed by atoms with Gasteiger partial charge in [0.05, 0.1) is 5.56 Å². The molecule has 2 aromatic carbocycles. The second-order valence-electron chi connectivity index (χ2n) is 3.60. The lowest BCUT2D eigenvalue weighted by atomic mass is 10.1. The lowest BCUT2D eigenvalue weighted by molar-refractivity contribution is 0.0697. The fraction of sp³-hybridized carbons (Fsp3) is 0.0714. The van der Waals surface area contributed by atoms with Crippen molar-refractivity contribution in [2.75, 3.05) is 0 Å². The third kappa shape index (κ3) is 3.08. The SMILES string of the molecule is O=C(O)c1ccc(COc2ccccc2)cc1. The molecule has 0 heterocycles. The smallest absolute Gasteiger partial charge is 0.335 e. The number of hydrogen-bond acceptors (Lipinski definition) is 2. The van der Waals surface area contributed by atoms with Crippen LogP contribution >= 0.6 is 0 Å². The molecule has 0 amide bonds. The van der Waals surface area contributed by atoms with Crippen LogP contribution in [0.15, 0.2) is 54.6 Å². The highest BCUT2D eigenvalue weighted by atomic mass is 16.5. The van der Waals surface area contributed by atoms with Gasteiger partial charge in [-0.1, -0.05) is 30.3 Å². The van der Waals surface area contributed by atoms with Crippen molar-refractivity contribution in [2.45, 2.75) is 6.61 Å². The molecule has 0 aliphatic carbocycles. The summed E-state index contributed by atoms with van der Waals surface area (Å²) in [7, 11) is 0. The summed E-state index contributed by atoms with van der Waals surface area (Å²) in [5.41, 5.74) is 1.23. The number of aromatic carboxylic acids is 1. The van der Waals surface area contributed by atoms with E-state index in [9.17, 15) is 4.79 Å². The van der Waals surface area contributed by atoms with Crippen LogP contribution in [0.3, 0.4) is 0 Å². The molecule has 0 radical (unpaired) electrons. The number of rotatable bonds is 4. The molecule has 0 saturated heterocycles. The van der Waals surface area contributed by atoms with Crippen LogP contribution in [0.4, 0.5) is 0 Å². The molecule has 0 aliphatic heterocycles. The second kappa shape index (κ2) is 5.16. The van der Waals surface area contributed by atoms with Gasteiger partial charge >= 0.3 is 5.97 Å². The first-order chi connectivity index (χ1) is 8.25. The van der Waals surface area contributed by atoms with Crippen molar-refractivity contribution in [3.8, 4) is 5.75 Å². The van der Waals surface area contributed by atoms with E-state index in [1.165, 1.54) is 0 Å².